The maximum atomic E-state index is 12.2. The number of hydrogen-bond acceptors (Lipinski definition) is 2. The second-order valence-electron chi connectivity index (χ2n) is 4.40. The normalized spacial score (nSPS) is 15.6. The summed E-state index contributed by atoms with van der Waals surface area (Å²) in [6.45, 7) is 1.88. The summed E-state index contributed by atoms with van der Waals surface area (Å²) in [5, 5.41) is 1.80. The first-order valence-electron chi connectivity index (χ1n) is 5.84. The molecule has 1 aliphatic rings. The van der Waals surface area contributed by atoms with Crippen LogP contribution in [0.3, 0.4) is 0 Å². The zero-order valence-electron chi connectivity index (χ0n) is 9.57. The summed E-state index contributed by atoms with van der Waals surface area (Å²) in [6, 6.07) is 11.3. The quantitative estimate of drug-likeness (QED) is 0.697. The first-order chi connectivity index (χ1) is 8.24. The molecule has 0 saturated carbocycles. The maximum absolute atomic E-state index is 12.2. The molecule has 2 nitrogen and oxygen atoms in total. The Bertz CT molecular complexity index is 590. The third kappa shape index (κ3) is 1.27. The minimum Gasteiger partial charge on any atom is -0.293 e. The number of hydrogen-bond donors (Lipinski definition) is 0. The summed E-state index contributed by atoms with van der Waals surface area (Å²) < 4.78 is 0. The molecule has 0 radical (unpaired) electrons. The first kappa shape index (κ1) is 10.2. The third-order valence-electron chi connectivity index (χ3n) is 3.48. The largest absolute Gasteiger partial charge is 0.293 e. The second-order valence-corrected chi connectivity index (χ2v) is 4.40. The van der Waals surface area contributed by atoms with Crippen molar-refractivity contribution in [3.63, 3.8) is 0 Å². The van der Waals surface area contributed by atoms with Gasteiger partial charge in [-0.05, 0) is 11.8 Å². The highest BCUT2D eigenvalue weighted by Gasteiger charge is 2.33. The van der Waals surface area contributed by atoms with Crippen molar-refractivity contribution in [1.29, 1.82) is 0 Å². The van der Waals surface area contributed by atoms with Crippen LogP contribution < -0.4 is 0 Å². The van der Waals surface area contributed by atoms with E-state index in [2.05, 4.69) is 0 Å². The van der Waals surface area contributed by atoms with E-state index in [1.54, 1.807) is 0 Å². The number of carbonyl (C=O) groups excluding carboxylic acids is 2. The summed E-state index contributed by atoms with van der Waals surface area (Å²) >= 11 is 0. The van der Waals surface area contributed by atoms with Crippen LogP contribution in [0.25, 0.3) is 10.8 Å². The average molecular weight is 224 g/mol. The van der Waals surface area contributed by atoms with Crippen LogP contribution in [-0.2, 0) is 0 Å². The summed E-state index contributed by atoms with van der Waals surface area (Å²) in [7, 11) is 0. The molecular weight excluding hydrogens is 212 g/mol. The lowest BCUT2D eigenvalue weighted by Crippen LogP contribution is -2.28. The van der Waals surface area contributed by atoms with Crippen LogP contribution in [0.15, 0.2) is 36.4 Å². The van der Waals surface area contributed by atoms with Crippen LogP contribution in [0, 0.1) is 5.92 Å². The minimum absolute atomic E-state index is 0.0261. The molecule has 0 fully saturated rings. The van der Waals surface area contributed by atoms with Crippen molar-refractivity contribution in [2.24, 2.45) is 5.92 Å². The fraction of sp³-hybridized carbons (Fsp3) is 0.200. The van der Waals surface area contributed by atoms with Gasteiger partial charge < -0.3 is 0 Å². The molecule has 84 valence electrons. The Hall–Kier alpha value is -1.96. The molecule has 0 spiro atoms. The molecule has 0 amide bonds. The zero-order valence-corrected chi connectivity index (χ0v) is 9.57. The van der Waals surface area contributed by atoms with Gasteiger partial charge >= 0.3 is 0 Å². The lowest BCUT2D eigenvalue weighted by molar-refractivity contribution is 0.0799. The molecule has 2 aromatic rings. The SMILES string of the molecule is CCC1C(=O)c2cccc3cccc(c23)C1=O. The predicted octanol–water partition coefficient (Wildman–Crippen LogP) is 3.25. The van der Waals surface area contributed by atoms with Gasteiger partial charge in [0.15, 0.2) is 11.6 Å². The smallest absolute Gasteiger partial charge is 0.174 e. The van der Waals surface area contributed by atoms with Crippen LogP contribution >= 0.6 is 0 Å². The Morgan fingerprint density at radius 2 is 1.47 bits per heavy atom. The number of ketones is 2. The van der Waals surface area contributed by atoms with Crippen molar-refractivity contribution >= 4 is 22.3 Å². The van der Waals surface area contributed by atoms with Crippen LogP contribution in [0.2, 0.25) is 0 Å². The van der Waals surface area contributed by atoms with Gasteiger partial charge in [-0.1, -0.05) is 43.3 Å². The van der Waals surface area contributed by atoms with Gasteiger partial charge in [-0.15, -0.1) is 0 Å². The van der Waals surface area contributed by atoms with Crippen molar-refractivity contribution in [3.05, 3.63) is 47.5 Å². The lowest BCUT2D eigenvalue weighted by Gasteiger charge is -2.21. The molecule has 0 heterocycles. The van der Waals surface area contributed by atoms with Gasteiger partial charge in [0.2, 0.25) is 0 Å². The topological polar surface area (TPSA) is 34.1 Å². The van der Waals surface area contributed by atoms with E-state index < -0.39 is 5.92 Å². The average Bonchev–Trinajstić information content (AvgIpc) is 2.36. The van der Waals surface area contributed by atoms with E-state index in [-0.39, 0.29) is 11.6 Å². The van der Waals surface area contributed by atoms with Crippen LogP contribution in [0.5, 0.6) is 0 Å². The Labute approximate surface area is 99.3 Å². The molecule has 3 rings (SSSR count). The molecule has 1 aliphatic carbocycles. The Morgan fingerprint density at radius 1 is 0.941 bits per heavy atom. The van der Waals surface area contributed by atoms with E-state index in [9.17, 15) is 9.59 Å². The van der Waals surface area contributed by atoms with Gasteiger partial charge in [0.25, 0.3) is 0 Å². The summed E-state index contributed by atoms with van der Waals surface area (Å²) in [4.78, 5) is 24.4. The van der Waals surface area contributed by atoms with Gasteiger partial charge in [0.05, 0.1) is 5.92 Å². The highest BCUT2D eigenvalue weighted by atomic mass is 16.2. The number of carbonyl (C=O) groups is 2. The highest BCUT2D eigenvalue weighted by Crippen LogP contribution is 2.33. The standard InChI is InChI=1S/C15H12O2/c1-2-10-14(16)11-7-3-5-9-6-4-8-12(13(9)11)15(10)17/h3-8,10H,2H2,1H3. The fourth-order valence-corrected chi connectivity index (χ4v) is 2.62. The van der Waals surface area contributed by atoms with Gasteiger partial charge in [-0.2, -0.15) is 0 Å². The predicted molar refractivity (Wildman–Crippen MR) is 66.4 cm³/mol. The van der Waals surface area contributed by atoms with Gasteiger partial charge in [-0.3, -0.25) is 9.59 Å². The zero-order chi connectivity index (χ0) is 12.0. The van der Waals surface area contributed by atoms with Gasteiger partial charge in [0, 0.05) is 16.5 Å². The Balaban J connectivity index is 2.43. The summed E-state index contributed by atoms with van der Waals surface area (Å²) in [5.41, 5.74) is 1.40. The summed E-state index contributed by atoms with van der Waals surface area (Å²) in [6.07, 6.45) is 0.572. The van der Waals surface area contributed by atoms with E-state index in [1.165, 1.54) is 0 Å². The number of benzene rings is 2. The molecule has 17 heavy (non-hydrogen) atoms. The fourth-order valence-electron chi connectivity index (χ4n) is 2.62. The summed E-state index contributed by atoms with van der Waals surface area (Å²) in [5.74, 6) is -0.542. The van der Waals surface area contributed by atoms with Gasteiger partial charge in [-0.25, -0.2) is 0 Å². The second kappa shape index (κ2) is 3.52. The van der Waals surface area contributed by atoms with Crippen molar-refractivity contribution in [2.75, 3.05) is 0 Å². The van der Waals surface area contributed by atoms with Crippen molar-refractivity contribution in [3.8, 4) is 0 Å². The lowest BCUT2D eigenvalue weighted by atomic mass is 9.79. The number of rotatable bonds is 1. The van der Waals surface area contributed by atoms with E-state index in [0.717, 1.165) is 10.8 Å². The van der Waals surface area contributed by atoms with Crippen molar-refractivity contribution < 1.29 is 9.59 Å². The van der Waals surface area contributed by atoms with E-state index in [0.29, 0.717) is 17.5 Å². The molecule has 0 unspecified atom stereocenters. The van der Waals surface area contributed by atoms with Crippen molar-refractivity contribution in [1.82, 2.24) is 0 Å². The molecule has 0 bridgehead atoms. The Morgan fingerprint density at radius 3 is 1.94 bits per heavy atom. The molecule has 2 aromatic carbocycles. The minimum atomic E-state index is -0.490. The molecule has 0 aromatic heterocycles. The van der Waals surface area contributed by atoms with Crippen molar-refractivity contribution in [2.45, 2.75) is 13.3 Å². The highest BCUT2D eigenvalue weighted by molar-refractivity contribution is 6.29. The van der Waals surface area contributed by atoms with Crippen LogP contribution in [0.4, 0.5) is 0 Å². The number of Topliss-reactive ketones (excluding diaryl/α,β-unsaturated/α-hetero) is 2. The molecular formula is C15H12O2. The molecule has 2 heteroatoms. The first-order valence-corrected chi connectivity index (χ1v) is 5.84. The molecule has 0 N–H and O–H groups in total. The van der Waals surface area contributed by atoms with E-state index in [4.69, 9.17) is 0 Å². The Kier molecular flexibility index (Phi) is 2.11. The van der Waals surface area contributed by atoms with Crippen LogP contribution in [-0.4, -0.2) is 11.6 Å². The van der Waals surface area contributed by atoms with Gasteiger partial charge in [0.1, 0.15) is 0 Å². The monoisotopic (exact) mass is 224 g/mol. The van der Waals surface area contributed by atoms with E-state index >= 15 is 0 Å². The molecule has 0 saturated heterocycles. The third-order valence-corrected chi connectivity index (χ3v) is 3.48. The molecule has 0 aliphatic heterocycles. The van der Waals surface area contributed by atoms with Crippen LogP contribution in [0.1, 0.15) is 34.1 Å². The maximum Gasteiger partial charge on any atom is 0.174 e. The molecule has 0 atom stereocenters. The van der Waals surface area contributed by atoms with E-state index in [1.807, 2.05) is 43.3 Å².